The molecule has 4 N–H and O–H groups in total. The Bertz CT molecular complexity index is 607. The lowest BCUT2D eigenvalue weighted by molar-refractivity contribution is 0.476. The van der Waals surface area contributed by atoms with E-state index in [2.05, 4.69) is 15.5 Å². The molecule has 5 nitrogen and oxygen atoms in total. The third-order valence-electron chi connectivity index (χ3n) is 3.10. The van der Waals surface area contributed by atoms with Crippen molar-refractivity contribution < 1.29 is 5.11 Å². The molecule has 0 spiro atoms. The molecule has 0 radical (unpaired) electrons. The van der Waals surface area contributed by atoms with Crippen LogP contribution in [0.5, 0.6) is 5.75 Å². The van der Waals surface area contributed by atoms with E-state index < -0.39 is 0 Å². The quantitative estimate of drug-likeness (QED) is 0.804. The Balaban J connectivity index is 2.24. The van der Waals surface area contributed by atoms with Crippen LogP contribution in [0, 0.1) is 13.8 Å². The fourth-order valence-electron chi connectivity index (χ4n) is 2.16. The molecule has 0 aliphatic heterocycles. The van der Waals surface area contributed by atoms with Crippen molar-refractivity contribution in [2.24, 2.45) is 5.73 Å². The first-order valence-electron chi connectivity index (χ1n) is 6.93. The van der Waals surface area contributed by atoms with Crippen LogP contribution in [0.4, 0.5) is 5.82 Å². The molecular formula is C16H22N4O. The van der Waals surface area contributed by atoms with E-state index in [4.69, 9.17) is 5.73 Å². The molecule has 5 heteroatoms. The number of phenols is 1. The van der Waals surface area contributed by atoms with Crippen molar-refractivity contribution in [3.63, 3.8) is 0 Å². The number of nitrogens with two attached hydrogens (primary N) is 1. The zero-order valence-corrected chi connectivity index (χ0v) is 12.9. The summed E-state index contributed by atoms with van der Waals surface area (Å²) in [7, 11) is 0. The minimum atomic E-state index is -0.313. The van der Waals surface area contributed by atoms with Crippen molar-refractivity contribution in [1.82, 2.24) is 10.2 Å². The maximum atomic E-state index is 10.1. The highest BCUT2D eigenvalue weighted by Crippen LogP contribution is 2.32. The number of aromatic nitrogens is 2. The molecule has 21 heavy (non-hydrogen) atoms. The standard InChI is InChI=1S/C16H22N4O/c1-10-7-11(2)15(13(21)8-10)12-5-6-14(20-19-12)18-9-16(3,4)17/h5-8,21H,9,17H2,1-4H3,(H,18,20). The normalized spacial score (nSPS) is 11.5. The van der Waals surface area contributed by atoms with Crippen LogP contribution in [-0.4, -0.2) is 27.4 Å². The number of hydrogen-bond acceptors (Lipinski definition) is 5. The maximum Gasteiger partial charge on any atom is 0.148 e. The zero-order valence-electron chi connectivity index (χ0n) is 12.9. The fourth-order valence-corrected chi connectivity index (χ4v) is 2.16. The topological polar surface area (TPSA) is 84.1 Å². The van der Waals surface area contributed by atoms with Gasteiger partial charge in [0.1, 0.15) is 11.6 Å². The number of anilines is 1. The summed E-state index contributed by atoms with van der Waals surface area (Å²) < 4.78 is 0. The Hall–Kier alpha value is -2.14. The van der Waals surface area contributed by atoms with E-state index in [1.54, 1.807) is 6.07 Å². The first-order valence-corrected chi connectivity index (χ1v) is 6.93. The molecule has 0 saturated heterocycles. The molecule has 112 valence electrons. The molecular weight excluding hydrogens is 264 g/mol. The molecule has 0 atom stereocenters. The van der Waals surface area contributed by atoms with Gasteiger partial charge in [-0.3, -0.25) is 0 Å². The molecule has 1 aromatic carbocycles. The minimum Gasteiger partial charge on any atom is -0.507 e. The van der Waals surface area contributed by atoms with Gasteiger partial charge >= 0.3 is 0 Å². The second kappa shape index (κ2) is 5.69. The van der Waals surface area contributed by atoms with Crippen molar-refractivity contribution in [2.45, 2.75) is 33.2 Å². The molecule has 0 unspecified atom stereocenters. The van der Waals surface area contributed by atoms with E-state index in [0.717, 1.165) is 16.7 Å². The van der Waals surface area contributed by atoms with Gasteiger partial charge in [0.2, 0.25) is 0 Å². The Kier molecular flexibility index (Phi) is 4.14. The van der Waals surface area contributed by atoms with E-state index in [1.165, 1.54) is 0 Å². The summed E-state index contributed by atoms with van der Waals surface area (Å²) in [6.45, 7) is 8.39. The SMILES string of the molecule is Cc1cc(C)c(-c2ccc(NCC(C)(C)N)nn2)c(O)c1. The largest absolute Gasteiger partial charge is 0.507 e. The lowest BCUT2D eigenvalue weighted by Crippen LogP contribution is -2.39. The third kappa shape index (κ3) is 3.92. The second-order valence-electron chi connectivity index (χ2n) is 6.12. The van der Waals surface area contributed by atoms with Crippen molar-refractivity contribution in [3.05, 3.63) is 35.4 Å². The van der Waals surface area contributed by atoms with Crippen LogP contribution in [0.15, 0.2) is 24.3 Å². The molecule has 0 aliphatic rings. The van der Waals surface area contributed by atoms with Gasteiger partial charge in [0.15, 0.2) is 0 Å². The fraction of sp³-hybridized carbons (Fsp3) is 0.375. The number of rotatable bonds is 4. The van der Waals surface area contributed by atoms with Crippen LogP contribution >= 0.6 is 0 Å². The number of nitrogens with zero attached hydrogens (tertiary/aromatic N) is 2. The predicted molar refractivity (Wildman–Crippen MR) is 85.4 cm³/mol. The molecule has 1 aromatic heterocycles. The van der Waals surface area contributed by atoms with Crippen LogP contribution in [-0.2, 0) is 0 Å². The molecule has 0 aliphatic carbocycles. The van der Waals surface area contributed by atoms with Crippen molar-refractivity contribution in [1.29, 1.82) is 0 Å². The zero-order chi connectivity index (χ0) is 15.6. The minimum absolute atomic E-state index is 0.227. The van der Waals surface area contributed by atoms with Gasteiger partial charge < -0.3 is 16.2 Å². The summed E-state index contributed by atoms with van der Waals surface area (Å²) in [6.07, 6.45) is 0. The first-order chi connectivity index (χ1) is 9.76. The predicted octanol–water partition coefficient (Wildman–Crippen LogP) is 2.62. The highest BCUT2D eigenvalue weighted by atomic mass is 16.3. The molecule has 0 fully saturated rings. The Labute approximate surface area is 125 Å². The van der Waals surface area contributed by atoms with Gasteiger partial charge in [-0.25, -0.2) is 0 Å². The molecule has 0 amide bonds. The number of aromatic hydroxyl groups is 1. The summed E-state index contributed by atoms with van der Waals surface area (Å²) in [6, 6.07) is 7.43. The number of nitrogens with one attached hydrogen (secondary N) is 1. The molecule has 0 saturated carbocycles. The molecule has 2 aromatic rings. The molecule has 2 rings (SSSR count). The summed E-state index contributed by atoms with van der Waals surface area (Å²) in [5.41, 5.74) is 8.97. The van der Waals surface area contributed by atoms with E-state index in [0.29, 0.717) is 18.1 Å². The van der Waals surface area contributed by atoms with Crippen LogP contribution in [0.1, 0.15) is 25.0 Å². The van der Waals surface area contributed by atoms with Gasteiger partial charge in [-0.05, 0) is 57.0 Å². The second-order valence-corrected chi connectivity index (χ2v) is 6.12. The first kappa shape index (κ1) is 15.3. The third-order valence-corrected chi connectivity index (χ3v) is 3.10. The van der Waals surface area contributed by atoms with Gasteiger partial charge in [0.25, 0.3) is 0 Å². The smallest absolute Gasteiger partial charge is 0.148 e. The monoisotopic (exact) mass is 286 g/mol. The van der Waals surface area contributed by atoms with Crippen LogP contribution in [0.3, 0.4) is 0 Å². The number of benzene rings is 1. The van der Waals surface area contributed by atoms with Crippen LogP contribution < -0.4 is 11.1 Å². The number of phenolic OH excluding ortho intramolecular Hbond substituents is 1. The number of aryl methyl sites for hydroxylation is 2. The van der Waals surface area contributed by atoms with Crippen molar-refractivity contribution in [2.75, 3.05) is 11.9 Å². The summed E-state index contributed by atoms with van der Waals surface area (Å²) in [4.78, 5) is 0. The van der Waals surface area contributed by atoms with Crippen LogP contribution in [0.2, 0.25) is 0 Å². The van der Waals surface area contributed by atoms with E-state index in [1.807, 2.05) is 45.9 Å². The highest BCUT2D eigenvalue weighted by molar-refractivity contribution is 5.71. The average Bonchev–Trinajstić information content (AvgIpc) is 2.35. The summed E-state index contributed by atoms with van der Waals surface area (Å²) in [5, 5.41) is 21.6. The van der Waals surface area contributed by atoms with E-state index in [-0.39, 0.29) is 11.3 Å². The van der Waals surface area contributed by atoms with Gasteiger partial charge in [0.05, 0.1) is 5.69 Å². The maximum absolute atomic E-state index is 10.1. The Morgan fingerprint density at radius 1 is 1.19 bits per heavy atom. The average molecular weight is 286 g/mol. The van der Waals surface area contributed by atoms with Crippen LogP contribution in [0.25, 0.3) is 11.3 Å². The van der Waals surface area contributed by atoms with E-state index >= 15 is 0 Å². The molecule has 1 heterocycles. The summed E-state index contributed by atoms with van der Waals surface area (Å²) in [5.74, 6) is 0.895. The van der Waals surface area contributed by atoms with E-state index in [9.17, 15) is 5.11 Å². The van der Waals surface area contributed by atoms with Crippen molar-refractivity contribution >= 4 is 5.82 Å². The van der Waals surface area contributed by atoms with Gasteiger partial charge in [-0.2, -0.15) is 0 Å². The van der Waals surface area contributed by atoms with Gasteiger partial charge in [-0.1, -0.05) is 6.07 Å². The lowest BCUT2D eigenvalue weighted by atomic mass is 10.0. The van der Waals surface area contributed by atoms with Gasteiger partial charge in [-0.15, -0.1) is 10.2 Å². The highest BCUT2D eigenvalue weighted by Gasteiger charge is 2.12. The molecule has 0 bridgehead atoms. The Morgan fingerprint density at radius 2 is 1.90 bits per heavy atom. The number of hydrogen-bond donors (Lipinski definition) is 3. The lowest BCUT2D eigenvalue weighted by Gasteiger charge is -2.19. The summed E-state index contributed by atoms with van der Waals surface area (Å²) >= 11 is 0. The Morgan fingerprint density at radius 3 is 2.43 bits per heavy atom. The van der Waals surface area contributed by atoms with Crippen molar-refractivity contribution in [3.8, 4) is 17.0 Å². The van der Waals surface area contributed by atoms with Gasteiger partial charge in [0, 0.05) is 17.6 Å².